The zero-order valence-corrected chi connectivity index (χ0v) is 10.8. The molecule has 0 bridgehead atoms. The summed E-state index contributed by atoms with van der Waals surface area (Å²) in [7, 11) is 0. The lowest BCUT2D eigenvalue weighted by Gasteiger charge is -2.11. The van der Waals surface area contributed by atoms with Gasteiger partial charge in [0, 0.05) is 4.47 Å². The van der Waals surface area contributed by atoms with Crippen LogP contribution >= 0.6 is 15.9 Å². The fourth-order valence-electron chi connectivity index (χ4n) is 1.08. The van der Waals surface area contributed by atoms with Crippen LogP contribution in [0.15, 0.2) is 28.7 Å². The zero-order chi connectivity index (χ0) is 13.5. The SMILES string of the molecule is O=C(COc1ccc(Br)cc1)NC(CF)C(=O)O. The number of halogens is 2. The Bertz CT molecular complexity index is 424. The summed E-state index contributed by atoms with van der Waals surface area (Å²) < 4.78 is 18.2. The van der Waals surface area contributed by atoms with E-state index >= 15 is 0 Å². The quantitative estimate of drug-likeness (QED) is 0.830. The summed E-state index contributed by atoms with van der Waals surface area (Å²) >= 11 is 3.24. The fourth-order valence-corrected chi connectivity index (χ4v) is 1.35. The van der Waals surface area contributed by atoms with Gasteiger partial charge in [0.25, 0.3) is 5.91 Å². The Balaban J connectivity index is 2.41. The number of hydrogen-bond donors (Lipinski definition) is 2. The molecule has 0 aliphatic carbocycles. The normalized spacial score (nSPS) is 11.7. The van der Waals surface area contributed by atoms with Gasteiger partial charge < -0.3 is 15.2 Å². The van der Waals surface area contributed by atoms with E-state index in [9.17, 15) is 14.0 Å². The topological polar surface area (TPSA) is 75.6 Å². The molecule has 5 nitrogen and oxygen atoms in total. The minimum Gasteiger partial charge on any atom is -0.484 e. The van der Waals surface area contributed by atoms with E-state index < -0.39 is 24.6 Å². The highest BCUT2D eigenvalue weighted by molar-refractivity contribution is 9.10. The van der Waals surface area contributed by atoms with E-state index in [4.69, 9.17) is 9.84 Å². The number of alkyl halides is 1. The van der Waals surface area contributed by atoms with Crippen LogP contribution in [0.4, 0.5) is 4.39 Å². The molecule has 0 aliphatic rings. The van der Waals surface area contributed by atoms with Crippen molar-refractivity contribution >= 4 is 27.8 Å². The minimum atomic E-state index is -1.54. The molecule has 7 heteroatoms. The molecule has 1 unspecified atom stereocenters. The highest BCUT2D eigenvalue weighted by Gasteiger charge is 2.19. The lowest BCUT2D eigenvalue weighted by atomic mass is 10.3. The summed E-state index contributed by atoms with van der Waals surface area (Å²) in [6, 6.07) is 5.21. The van der Waals surface area contributed by atoms with Crippen LogP contribution in [-0.2, 0) is 9.59 Å². The van der Waals surface area contributed by atoms with Crippen molar-refractivity contribution in [2.45, 2.75) is 6.04 Å². The smallest absolute Gasteiger partial charge is 0.328 e. The largest absolute Gasteiger partial charge is 0.484 e. The molecule has 0 heterocycles. The van der Waals surface area contributed by atoms with E-state index in [0.717, 1.165) is 4.47 Å². The van der Waals surface area contributed by atoms with Gasteiger partial charge in [0.05, 0.1) is 0 Å². The van der Waals surface area contributed by atoms with Gasteiger partial charge in [0.2, 0.25) is 0 Å². The number of aliphatic carboxylic acids is 1. The number of ether oxygens (including phenoxy) is 1. The van der Waals surface area contributed by atoms with Crippen LogP contribution in [0.3, 0.4) is 0 Å². The van der Waals surface area contributed by atoms with Gasteiger partial charge >= 0.3 is 5.97 Å². The van der Waals surface area contributed by atoms with Crippen molar-refractivity contribution in [3.05, 3.63) is 28.7 Å². The zero-order valence-electron chi connectivity index (χ0n) is 9.23. The first-order valence-corrected chi connectivity index (χ1v) is 5.78. The van der Waals surface area contributed by atoms with Crippen LogP contribution in [0.2, 0.25) is 0 Å². The maximum absolute atomic E-state index is 12.2. The molecule has 2 N–H and O–H groups in total. The van der Waals surface area contributed by atoms with Crippen molar-refractivity contribution in [1.82, 2.24) is 5.32 Å². The van der Waals surface area contributed by atoms with Gasteiger partial charge in [-0.1, -0.05) is 15.9 Å². The Morgan fingerprint density at radius 3 is 2.50 bits per heavy atom. The molecule has 0 saturated heterocycles. The van der Waals surface area contributed by atoms with E-state index in [2.05, 4.69) is 15.9 Å². The summed E-state index contributed by atoms with van der Waals surface area (Å²) in [5, 5.41) is 10.5. The molecule has 1 rings (SSSR count). The van der Waals surface area contributed by atoms with Gasteiger partial charge in [-0.2, -0.15) is 0 Å². The molecular weight excluding hydrogens is 309 g/mol. The number of rotatable bonds is 6. The van der Waals surface area contributed by atoms with Gasteiger partial charge in [-0.3, -0.25) is 4.79 Å². The third-order valence-corrected chi connectivity index (χ3v) is 2.50. The van der Waals surface area contributed by atoms with Crippen LogP contribution < -0.4 is 10.1 Å². The second kappa shape index (κ2) is 6.95. The average molecular weight is 320 g/mol. The number of hydrogen-bond acceptors (Lipinski definition) is 3. The molecule has 0 fully saturated rings. The summed E-state index contributed by atoms with van der Waals surface area (Å²) in [5.41, 5.74) is 0. The maximum atomic E-state index is 12.2. The molecule has 1 amide bonds. The summed E-state index contributed by atoms with van der Waals surface area (Å²) in [5.74, 6) is -1.65. The molecular formula is C11H11BrFNO4. The average Bonchev–Trinajstić information content (AvgIpc) is 2.35. The number of benzene rings is 1. The molecule has 1 aromatic rings. The Hall–Kier alpha value is -1.63. The van der Waals surface area contributed by atoms with Gasteiger partial charge in [-0.15, -0.1) is 0 Å². The second-order valence-corrected chi connectivity index (χ2v) is 4.27. The Morgan fingerprint density at radius 1 is 1.39 bits per heavy atom. The van der Waals surface area contributed by atoms with Crippen molar-refractivity contribution in [1.29, 1.82) is 0 Å². The molecule has 0 aromatic heterocycles. The third-order valence-electron chi connectivity index (χ3n) is 1.97. The standard InChI is InChI=1S/C11H11BrFNO4/c12-7-1-3-8(4-2-7)18-6-10(15)14-9(5-13)11(16)17/h1-4,9H,5-6H2,(H,14,15)(H,16,17). The first kappa shape index (κ1) is 14.4. The van der Waals surface area contributed by atoms with Crippen LogP contribution in [0.5, 0.6) is 5.75 Å². The van der Waals surface area contributed by atoms with Crippen molar-refractivity contribution in [2.75, 3.05) is 13.3 Å². The van der Waals surface area contributed by atoms with Crippen LogP contribution in [0.1, 0.15) is 0 Å². The Labute approximate surface area is 111 Å². The Kier molecular flexibility index (Phi) is 5.57. The molecule has 0 aliphatic heterocycles. The maximum Gasteiger partial charge on any atom is 0.328 e. The number of carbonyl (C=O) groups excluding carboxylic acids is 1. The van der Waals surface area contributed by atoms with E-state index in [1.54, 1.807) is 24.3 Å². The van der Waals surface area contributed by atoms with Gasteiger partial charge in [-0.05, 0) is 24.3 Å². The van der Waals surface area contributed by atoms with Gasteiger partial charge in [-0.25, -0.2) is 9.18 Å². The second-order valence-electron chi connectivity index (χ2n) is 3.36. The summed E-state index contributed by atoms with van der Waals surface area (Å²) in [6.45, 7) is -1.54. The number of nitrogens with one attached hydrogen (secondary N) is 1. The van der Waals surface area contributed by atoms with E-state index in [-0.39, 0.29) is 6.61 Å². The van der Waals surface area contributed by atoms with Crippen molar-refractivity contribution in [2.24, 2.45) is 0 Å². The predicted molar refractivity (Wildman–Crippen MR) is 65.2 cm³/mol. The number of carboxylic acid groups (broad SMARTS) is 1. The first-order valence-electron chi connectivity index (χ1n) is 4.99. The first-order chi connectivity index (χ1) is 8.52. The molecule has 0 saturated carbocycles. The minimum absolute atomic E-state index is 0.370. The van der Waals surface area contributed by atoms with Crippen LogP contribution in [0.25, 0.3) is 0 Å². The van der Waals surface area contributed by atoms with Crippen molar-refractivity contribution in [3.8, 4) is 5.75 Å². The lowest BCUT2D eigenvalue weighted by molar-refractivity contribution is -0.142. The summed E-state index contributed by atoms with van der Waals surface area (Å²) in [6.07, 6.45) is 0. The molecule has 0 spiro atoms. The van der Waals surface area contributed by atoms with Crippen molar-refractivity contribution < 1.29 is 23.8 Å². The third kappa shape index (κ3) is 4.70. The Morgan fingerprint density at radius 2 is 2.00 bits per heavy atom. The molecule has 1 aromatic carbocycles. The molecule has 1 atom stereocenters. The van der Waals surface area contributed by atoms with Crippen LogP contribution in [-0.4, -0.2) is 36.3 Å². The van der Waals surface area contributed by atoms with Crippen molar-refractivity contribution in [3.63, 3.8) is 0 Å². The van der Waals surface area contributed by atoms with E-state index in [1.165, 1.54) is 0 Å². The number of amides is 1. The summed E-state index contributed by atoms with van der Waals surface area (Å²) in [4.78, 5) is 21.8. The monoisotopic (exact) mass is 319 g/mol. The molecule has 18 heavy (non-hydrogen) atoms. The van der Waals surface area contributed by atoms with Gasteiger partial charge in [0.1, 0.15) is 12.4 Å². The predicted octanol–water partition coefficient (Wildman–Crippen LogP) is 1.37. The fraction of sp³-hybridized carbons (Fsp3) is 0.273. The molecule has 98 valence electrons. The van der Waals surface area contributed by atoms with Gasteiger partial charge in [0.15, 0.2) is 12.6 Å². The molecule has 0 radical (unpaired) electrons. The number of carboxylic acids is 1. The lowest BCUT2D eigenvalue weighted by Crippen LogP contribution is -2.44. The van der Waals surface area contributed by atoms with Crippen LogP contribution in [0, 0.1) is 0 Å². The number of carbonyl (C=O) groups is 2. The highest BCUT2D eigenvalue weighted by atomic mass is 79.9. The van der Waals surface area contributed by atoms with E-state index in [0.29, 0.717) is 5.75 Å². The highest BCUT2D eigenvalue weighted by Crippen LogP contribution is 2.15. The van der Waals surface area contributed by atoms with E-state index in [1.807, 2.05) is 5.32 Å².